The lowest BCUT2D eigenvalue weighted by Crippen LogP contribution is -2.00. The maximum atomic E-state index is 13.1. The number of carbonyl (C=O) groups excluding carboxylic acids is 1. The van der Waals surface area contributed by atoms with E-state index in [0.29, 0.717) is 5.56 Å². The molecule has 3 rings (SSSR count). The SMILES string of the molecule is COC(=O)c1nnc(-c2cc(C)n(-c3ccc(F)cc3)c2C)o1. The van der Waals surface area contributed by atoms with Gasteiger partial charge in [-0.1, -0.05) is 0 Å². The van der Waals surface area contributed by atoms with E-state index >= 15 is 0 Å². The van der Waals surface area contributed by atoms with E-state index < -0.39 is 5.97 Å². The van der Waals surface area contributed by atoms with E-state index in [1.54, 1.807) is 12.1 Å². The van der Waals surface area contributed by atoms with Crippen LogP contribution in [-0.4, -0.2) is 27.8 Å². The lowest BCUT2D eigenvalue weighted by molar-refractivity contribution is 0.0556. The van der Waals surface area contributed by atoms with Gasteiger partial charge < -0.3 is 13.7 Å². The summed E-state index contributed by atoms with van der Waals surface area (Å²) in [6.07, 6.45) is 0. The number of carbonyl (C=O) groups is 1. The normalized spacial score (nSPS) is 10.8. The monoisotopic (exact) mass is 315 g/mol. The molecule has 23 heavy (non-hydrogen) atoms. The van der Waals surface area contributed by atoms with Crippen molar-refractivity contribution in [1.29, 1.82) is 0 Å². The lowest BCUT2D eigenvalue weighted by atomic mass is 10.2. The molecule has 0 bridgehead atoms. The molecular weight excluding hydrogens is 301 g/mol. The fourth-order valence-electron chi connectivity index (χ4n) is 2.47. The van der Waals surface area contributed by atoms with Gasteiger partial charge in [0.2, 0.25) is 5.89 Å². The number of hydrogen-bond acceptors (Lipinski definition) is 5. The van der Waals surface area contributed by atoms with Crippen LogP contribution < -0.4 is 0 Å². The third-order valence-corrected chi connectivity index (χ3v) is 3.53. The summed E-state index contributed by atoms with van der Waals surface area (Å²) in [4.78, 5) is 11.4. The second kappa shape index (κ2) is 5.68. The predicted octanol–water partition coefficient (Wildman–Crippen LogP) is 3.07. The number of rotatable bonds is 3. The molecule has 0 saturated heterocycles. The van der Waals surface area contributed by atoms with Crippen LogP contribution >= 0.6 is 0 Å². The number of benzene rings is 1. The van der Waals surface area contributed by atoms with Crippen LogP contribution in [0.2, 0.25) is 0 Å². The molecule has 6 nitrogen and oxygen atoms in total. The maximum absolute atomic E-state index is 13.1. The first-order valence-corrected chi connectivity index (χ1v) is 6.88. The van der Waals surface area contributed by atoms with E-state index in [1.807, 2.05) is 24.5 Å². The molecule has 7 heteroatoms. The average Bonchev–Trinajstić information content (AvgIpc) is 3.13. The molecule has 2 aromatic heterocycles. The molecule has 0 saturated carbocycles. The highest BCUT2D eigenvalue weighted by atomic mass is 19.1. The van der Waals surface area contributed by atoms with Gasteiger partial charge in [0.15, 0.2) is 0 Å². The largest absolute Gasteiger partial charge is 0.462 e. The highest BCUT2D eigenvalue weighted by Gasteiger charge is 2.20. The summed E-state index contributed by atoms with van der Waals surface area (Å²) in [6, 6.07) is 8.04. The Morgan fingerprint density at radius 1 is 1.22 bits per heavy atom. The van der Waals surface area contributed by atoms with Crippen LogP contribution in [-0.2, 0) is 4.74 Å². The van der Waals surface area contributed by atoms with Gasteiger partial charge in [0, 0.05) is 17.1 Å². The zero-order valence-corrected chi connectivity index (χ0v) is 12.8. The van der Waals surface area contributed by atoms with E-state index in [9.17, 15) is 9.18 Å². The molecule has 0 unspecified atom stereocenters. The first kappa shape index (κ1) is 15.0. The van der Waals surface area contributed by atoms with E-state index in [0.717, 1.165) is 17.1 Å². The van der Waals surface area contributed by atoms with E-state index in [4.69, 9.17) is 4.42 Å². The van der Waals surface area contributed by atoms with Crippen molar-refractivity contribution >= 4 is 5.97 Å². The van der Waals surface area contributed by atoms with Crippen molar-refractivity contribution in [2.45, 2.75) is 13.8 Å². The van der Waals surface area contributed by atoms with Crippen LogP contribution in [0.1, 0.15) is 22.1 Å². The summed E-state index contributed by atoms with van der Waals surface area (Å²) in [6.45, 7) is 3.80. The predicted molar refractivity (Wildman–Crippen MR) is 79.8 cm³/mol. The molecule has 0 fully saturated rings. The number of ether oxygens (including phenoxy) is 1. The Bertz CT molecular complexity index is 865. The summed E-state index contributed by atoms with van der Waals surface area (Å²) in [5.74, 6) is -0.951. The summed E-state index contributed by atoms with van der Waals surface area (Å²) >= 11 is 0. The van der Waals surface area contributed by atoms with Crippen molar-refractivity contribution < 1.29 is 18.3 Å². The van der Waals surface area contributed by atoms with Crippen molar-refractivity contribution in [1.82, 2.24) is 14.8 Å². The lowest BCUT2D eigenvalue weighted by Gasteiger charge is -2.09. The van der Waals surface area contributed by atoms with Crippen molar-refractivity contribution in [2.24, 2.45) is 0 Å². The second-order valence-electron chi connectivity index (χ2n) is 5.00. The minimum Gasteiger partial charge on any atom is -0.462 e. The molecule has 1 aromatic carbocycles. The minimum absolute atomic E-state index is 0.200. The van der Waals surface area contributed by atoms with E-state index in [-0.39, 0.29) is 17.6 Å². The smallest absolute Gasteiger partial charge is 0.396 e. The van der Waals surface area contributed by atoms with Gasteiger partial charge in [0.1, 0.15) is 5.82 Å². The minimum atomic E-state index is -0.684. The fraction of sp³-hybridized carbons (Fsp3) is 0.188. The Morgan fingerprint density at radius 2 is 1.91 bits per heavy atom. The van der Waals surface area contributed by atoms with Crippen molar-refractivity contribution in [3.8, 4) is 17.1 Å². The molecule has 3 aromatic rings. The van der Waals surface area contributed by atoms with Gasteiger partial charge in [0.25, 0.3) is 0 Å². The molecule has 0 amide bonds. The molecule has 0 radical (unpaired) electrons. The van der Waals surface area contributed by atoms with Crippen LogP contribution in [0.3, 0.4) is 0 Å². The molecule has 0 atom stereocenters. The summed E-state index contributed by atoms with van der Waals surface area (Å²) in [7, 11) is 1.24. The third-order valence-electron chi connectivity index (χ3n) is 3.53. The first-order chi connectivity index (χ1) is 11.0. The first-order valence-electron chi connectivity index (χ1n) is 6.88. The Balaban J connectivity index is 2.05. The Morgan fingerprint density at radius 3 is 2.57 bits per heavy atom. The number of hydrogen-bond donors (Lipinski definition) is 0. The number of esters is 1. The Labute approximate surface area is 131 Å². The highest BCUT2D eigenvalue weighted by molar-refractivity contribution is 5.84. The zero-order chi connectivity index (χ0) is 16.6. The van der Waals surface area contributed by atoms with Gasteiger partial charge in [-0.05, 0) is 44.2 Å². The quantitative estimate of drug-likeness (QED) is 0.695. The van der Waals surface area contributed by atoms with Gasteiger partial charge in [-0.3, -0.25) is 0 Å². The van der Waals surface area contributed by atoms with E-state index in [2.05, 4.69) is 14.9 Å². The standard InChI is InChI=1S/C16H14FN3O3/c1-9-8-13(14-18-19-15(23-14)16(21)22-3)10(2)20(9)12-6-4-11(17)5-7-12/h4-8H,1-3H3. The molecule has 118 valence electrons. The third kappa shape index (κ3) is 2.61. The summed E-state index contributed by atoms with van der Waals surface area (Å²) < 4.78 is 24.9. The van der Waals surface area contributed by atoms with Crippen molar-refractivity contribution in [3.63, 3.8) is 0 Å². The van der Waals surface area contributed by atoms with Crippen LogP contribution in [0.4, 0.5) is 4.39 Å². The maximum Gasteiger partial charge on any atom is 0.396 e. The van der Waals surface area contributed by atoms with Crippen molar-refractivity contribution in [3.05, 3.63) is 53.4 Å². The molecule has 0 aliphatic carbocycles. The number of aryl methyl sites for hydroxylation is 1. The van der Waals surface area contributed by atoms with Gasteiger partial charge in [-0.15, -0.1) is 10.2 Å². The zero-order valence-electron chi connectivity index (χ0n) is 12.8. The molecule has 0 aliphatic rings. The summed E-state index contributed by atoms with van der Waals surface area (Å²) in [5.41, 5.74) is 3.28. The van der Waals surface area contributed by atoms with Gasteiger partial charge in [-0.25, -0.2) is 9.18 Å². The second-order valence-corrected chi connectivity index (χ2v) is 5.00. The van der Waals surface area contributed by atoms with Crippen LogP contribution in [0.15, 0.2) is 34.7 Å². The van der Waals surface area contributed by atoms with Crippen LogP contribution in [0, 0.1) is 19.7 Å². The molecule has 0 N–H and O–H groups in total. The molecule has 0 spiro atoms. The van der Waals surface area contributed by atoms with Crippen molar-refractivity contribution in [2.75, 3.05) is 7.11 Å². The molecule has 0 aliphatic heterocycles. The van der Waals surface area contributed by atoms with Gasteiger partial charge >= 0.3 is 11.9 Å². The van der Waals surface area contributed by atoms with Crippen LogP contribution in [0.5, 0.6) is 0 Å². The Kier molecular flexibility index (Phi) is 3.69. The molecule has 2 heterocycles. The number of halogens is 1. The molecular formula is C16H14FN3O3. The summed E-state index contributed by atoms with van der Waals surface area (Å²) in [5, 5.41) is 7.57. The van der Waals surface area contributed by atoms with Crippen LogP contribution in [0.25, 0.3) is 17.1 Å². The van der Waals surface area contributed by atoms with E-state index in [1.165, 1.54) is 19.2 Å². The number of nitrogens with zero attached hydrogens (tertiary/aromatic N) is 3. The van der Waals surface area contributed by atoms with Gasteiger partial charge in [-0.2, -0.15) is 0 Å². The highest BCUT2D eigenvalue weighted by Crippen LogP contribution is 2.28. The number of aromatic nitrogens is 3. The average molecular weight is 315 g/mol. The fourth-order valence-corrected chi connectivity index (χ4v) is 2.47. The number of methoxy groups -OCH3 is 1. The van der Waals surface area contributed by atoms with Gasteiger partial charge in [0.05, 0.1) is 12.7 Å². The topological polar surface area (TPSA) is 70.2 Å². The Hall–Kier alpha value is -2.96.